The van der Waals surface area contributed by atoms with Crippen LogP contribution in [-0.2, 0) is 11.3 Å². The number of nitrogens with zero attached hydrogens (tertiary/aromatic N) is 5. The summed E-state index contributed by atoms with van der Waals surface area (Å²) in [4.78, 5) is 14.2. The molecular weight excluding hydrogens is 462 g/mol. The van der Waals surface area contributed by atoms with Gasteiger partial charge in [-0.15, -0.1) is 11.3 Å². The summed E-state index contributed by atoms with van der Waals surface area (Å²) < 4.78 is 12.1. The van der Waals surface area contributed by atoms with Crippen LogP contribution in [-0.4, -0.2) is 53.1 Å². The van der Waals surface area contributed by atoms with Crippen molar-refractivity contribution in [3.8, 4) is 10.7 Å². The summed E-state index contributed by atoms with van der Waals surface area (Å²) in [6.07, 6.45) is 9.21. The molecule has 3 aromatic heterocycles. The highest BCUT2D eigenvalue weighted by atomic mass is 32.1. The average Bonchev–Trinajstić information content (AvgIpc) is 3.68. The van der Waals surface area contributed by atoms with Crippen molar-refractivity contribution >= 4 is 39.8 Å². The molecule has 184 valence electrons. The molecule has 0 radical (unpaired) electrons. The van der Waals surface area contributed by atoms with E-state index in [0.717, 1.165) is 65.4 Å². The van der Waals surface area contributed by atoms with E-state index < -0.39 is 0 Å². The van der Waals surface area contributed by atoms with Gasteiger partial charge in [0, 0.05) is 43.8 Å². The molecule has 2 aliphatic rings. The van der Waals surface area contributed by atoms with E-state index in [4.69, 9.17) is 14.1 Å². The maximum atomic E-state index is 6.20. The zero-order valence-electron chi connectivity index (χ0n) is 19.8. The van der Waals surface area contributed by atoms with E-state index in [0.29, 0.717) is 13.3 Å². The van der Waals surface area contributed by atoms with Gasteiger partial charge in [-0.2, -0.15) is 10.1 Å². The van der Waals surface area contributed by atoms with E-state index in [1.54, 1.807) is 17.5 Å². The summed E-state index contributed by atoms with van der Waals surface area (Å²) in [5.74, 6) is 0. The largest absolute Gasteiger partial charge is 0.423 e. The molecule has 0 unspecified atom stereocenters. The number of piperidine rings is 2. The molecular formula is C25H31N7O2S. The number of benzene rings is 1. The lowest BCUT2D eigenvalue weighted by Gasteiger charge is -2.30. The van der Waals surface area contributed by atoms with E-state index in [2.05, 4.69) is 42.4 Å². The molecule has 2 aliphatic heterocycles. The van der Waals surface area contributed by atoms with Gasteiger partial charge in [0.2, 0.25) is 0 Å². The van der Waals surface area contributed by atoms with Gasteiger partial charge in [-0.25, -0.2) is 4.98 Å². The van der Waals surface area contributed by atoms with Crippen molar-refractivity contribution in [1.82, 2.24) is 20.2 Å². The Labute approximate surface area is 208 Å². The molecule has 1 aromatic carbocycles. The van der Waals surface area contributed by atoms with Crippen molar-refractivity contribution in [2.75, 3.05) is 48.0 Å². The van der Waals surface area contributed by atoms with Crippen LogP contribution in [0, 0.1) is 0 Å². The number of anilines is 3. The van der Waals surface area contributed by atoms with E-state index in [-0.39, 0.29) is 0 Å². The Morgan fingerprint density at radius 1 is 1.00 bits per heavy atom. The fourth-order valence-corrected chi connectivity index (χ4v) is 5.64. The van der Waals surface area contributed by atoms with Crippen LogP contribution < -0.4 is 15.1 Å². The van der Waals surface area contributed by atoms with Crippen LogP contribution in [0.1, 0.15) is 44.2 Å². The van der Waals surface area contributed by atoms with Crippen molar-refractivity contribution < 1.29 is 9.15 Å². The van der Waals surface area contributed by atoms with Gasteiger partial charge >= 0.3 is 0 Å². The van der Waals surface area contributed by atoms with Gasteiger partial charge in [-0.05, 0) is 50.7 Å². The summed E-state index contributed by atoms with van der Waals surface area (Å²) in [7, 11) is 0. The van der Waals surface area contributed by atoms with Gasteiger partial charge in [0.25, 0.3) is 6.01 Å². The van der Waals surface area contributed by atoms with Crippen LogP contribution >= 0.6 is 11.3 Å². The summed E-state index contributed by atoms with van der Waals surface area (Å²) >= 11 is 1.57. The second-order valence-electron chi connectivity index (χ2n) is 9.20. The zero-order valence-corrected chi connectivity index (χ0v) is 20.6. The third-order valence-corrected chi connectivity index (χ3v) is 7.62. The average molecular weight is 494 g/mol. The van der Waals surface area contributed by atoms with Crippen LogP contribution in [0.2, 0.25) is 0 Å². The smallest absolute Gasteiger partial charge is 0.298 e. The lowest BCUT2D eigenvalue weighted by Crippen LogP contribution is -2.30. The number of thiazole rings is 1. The molecule has 2 saturated heterocycles. The molecule has 6 rings (SSSR count). The van der Waals surface area contributed by atoms with E-state index in [9.17, 15) is 0 Å². The topological polar surface area (TPSA) is 95.3 Å². The summed E-state index contributed by atoms with van der Waals surface area (Å²) in [6, 6.07) is 6.93. The van der Waals surface area contributed by atoms with Crippen LogP contribution in [0.15, 0.2) is 34.2 Å². The number of ether oxygens (including phenoxy) is 1. The maximum absolute atomic E-state index is 6.20. The Hall–Kier alpha value is -3.11. The van der Waals surface area contributed by atoms with E-state index >= 15 is 0 Å². The minimum Gasteiger partial charge on any atom is -0.423 e. The highest BCUT2D eigenvalue weighted by molar-refractivity contribution is 7.13. The molecule has 0 atom stereocenters. The highest BCUT2D eigenvalue weighted by Crippen LogP contribution is 2.35. The van der Waals surface area contributed by atoms with E-state index in [1.165, 1.54) is 44.2 Å². The highest BCUT2D eigenvalue weighted by Gasteiger charge is 2.21. The third-order valence-electron chi connectivity index (χ3n) is 6.70. The molecule has 2 fully saturated rings. The molecule has 0 amide bonds. The van der Waals surface area contributed by atoms with Crippen molar-refractivity contribution in [2.45, 2.75) is 45.1 Å². The van der Waals surface area contributed by atoms with Crippen molar-refractivity contribution in [1.29, 1.82) is 0 Å². The molecule has 10 heteroatoms. The van der Waals surface area contributed by atoms with Gasteiger partial charge in [-0.1, -0.05) is 0 Å². The molecule has 0 aliphatic carbocycles. The first-order chi connectivity index (χ1) is 17.3. The molecule has 35 heavy (non-hydrogen) atoms. The Morgan fingerprint density at radius 3 is 2.57 bits per heavy atom. The first kappa shape index (κ1) is 22.4. The second-order valence-corrected chi connectivity index (χ2v) is 10.1. The minimum absolute atomic E-state index is 0.384. The predicted octanol–water partition coefficient (Wildman–Crippen LogP) is 5.24. The Morgan fingerprint density at radius 2 is 1.80 bits per heavy atom. The Bertz CT molecular complexity index is 1240. The molecule has 2 N–H and O–H groups in total. The predicted molar refractivity (Wildman–Crippen MR) is 139 cm³/mol. The number of H-pyrrole nitrogens is 1. The second kappa shape index (κ2) is 10.2. The number of aromatic nitrogens is 4. The van der Waals surface area contributed by atoms with E-state index in [1.807, 2.05) is 11.4 Å². The van der Waals surface area contributed by atoms with Gasteiger partial charge in [-0.3, -0.25) is 5.10 Å². The first-order valence-electron chi connectivity index (χ1n) is 12.5. The lowest BCUT2D eigenvalue weighted by molar-refractivity contribution is 0.136. The number of nitrogens with one attached hydrogen (secondary N) is 2. The molecule has 5 heterocycles. The normalized spacial score (nSPS) is 16.8. The van der Waals surface area contributed by atoms with Crippen molar-refractivity contribution in [3.05, 3.63) is 35.5 Å². The molecule has 9 nitrogen and oxygen atoms in total. The van der Waals surface area contributed by atoms with Gasteiger partial charge in [0.1, 0.15) is 22.9 Å². The van der Waals surface area contributed by atoms with Crippen LogP contribution in [0.5, 0.6) is 0 Å². The lowest BCUT2D eigenvalue weighted by atomic mass is 10.1. The number of fused-ring (bicyclic) bond motifs is 1. The standard InChI is InChI=1S/C25H31N7O2S/c1-3-9-31(10-4-1)22-13-21-23(34-25(29-21)32-11-5-2-6-12-32)14-20(22)26-17-33-15-18-16-35-24(28-18)19-7-8-27-30-19/h7-8,13-14,16,26H,1-6,9-12,15,17H2,(H,27,30). The minimum atomic E-state index is 0.384. The van der Waals surface area contributed by atoms with Crippen molar-refractivity contribution in [2.24, 2.45) is 0 Å². The number of oxazole rings is 1. The summed E-state index contributed by atoms with van der Waals surface area (Å²) in [5, 5.41) is 13.4. The first-order valence-corrected chi connectivity index (χ1v) is 13.4. The molecule has 0 spiro atoms. The zero-order chi connectivity index (χ0) is 23.5. The van der Waals surface area contributed by atoms with Crippen LogP contribution in [0.3, 0.4) is 0 Å². The Balaban J connectivity index is 1.16. The van der Waals surface area contributed by atoms with Gasteiger partial charge in [0.05, 0.1) is 23.7 Å². The summed E-state index contributed by atoms with van der Waals surface area (Å²) in [5.41, 5.74) is 5.70. The third kappa shape index (κ3) is 4.99. The number of rotatable bonds is 8. The quantitative estimate of drug-likeness (QED) is 0.254. The number of aromatic amines is 1. The molecule has 4 aromatic rings. The van der Waals surface area contributed by atoms with Crippen molar-refractivity contribution in [3.63, 3.8) is 0 Å². The fourth-order valence-electron chi connectivity index (χ4n) is 4.86. The summed E-state index contributed by atoms with van der Waals surface area (Å²) in [6.45, 7) is 4.98. The SMILES string of the molecule is c1cc(-c2nc(COCNc3cc4oc(N5CCCCC5)nc4cc3N3CCCCC3)cs2)n[nH]1. The van der Waals surface area contributed by atoms with Crippen LogP contribution in [0.25, 0.3) is 21.8 Å². The Kier molecular flexibility index (Phi) is 6.55. The maximum Gasteiger partial charge on any atom is 0.298 e. The monoisotopic (exact) mass is 493 g/mol. The van der Waals surface area contributed by atoms with Crippen LogP contribution in [0.4, 0.5) is 17.4 Å². The number of hydrogen-bond acceptors (Lipinski definition) is 9. The number of hydrogen-bond donors (Lipinski definition) is 2. The molecule has 0 bridgehead atoms. The van der Waals surface area contributed by atoms with Gasteiger partial charge in [0.15, 0.2) is 5.58 Å². The fraction of sp³-hybridized carbons (Fsp3) is 0.480. The van der Waals surface area contributed by atoms with Gasteiger partial charge < -0.3 is 24.3 Å². The molecule has 0 saturated carbocycles.